The Hall–Kier alpha value is -4.57. The van der Waals surface area contributed by atoms with Gasteiger partial charge in [-0.2, -0.15) is 13.2 Å². The molecule has 0 unspecified atom stereocenters. The molecule has 4 aromatic rings. The molecule has 12 nitrogen and oxygen atoms in total. The van der Waals surface area contributed by atoms with Gasteiger partial charge in [-0.15, -0.1) is 5.10 Å². The number of aliphatic carboxylic acids is 1. The molecule has 0 fully saturated rings. The topological polar surface area (TPSA) is 182 Å². The van der Waals surface area contributed by atoms with Gasteiger partial charge in [0.1, 0.15) is 0 Å². The molecule has 0 aliphatic heterocycles. The van der Waals surface area contributed by atoms with Gasteiger partial charge >= 0.3 is 12.1 Å². The molecule has 0 saturated heterocycles. The van der Waals surface area contributed by atoms with Crippen LogP contribution in [-0.4, -0.2) is 56.7 Å². The molecule has 1 aromatic carbocycles. The van der Waals surface area contributed by atoms with Gasteiger partial charge in [0.25, 0.3) is 0 Å². The number of benzene rings is 1. The summed E-state index contributed by atoms with van der Waals surface area (Å²) in [5.41, 5.74) is 7.54. The van der Waals surface area contributed by atoms with Gasteiger partial charge in [0.05, 0.1) is 39.8 Å². The monoisotopic (exact) mass is 579 g/mol. The predicted molar refractivity (Wildman–Crippen MR) is 138 cm³/mol. The molecule has 4 rings (SSSR count). The Labute approximate surface area is 226 Å². The summed E-state index contributed by atoms with van der Waals surface area (Å²) in [6.45, 7) is 5.36. The van der Waals surface area contributed by atoms with E-state index in [9.17, 15) is 26.4 Å². The van der Waals surface area contributed by atoms with Crippen LogP contribution in [0.25, 0.3) is 16.8 Å². The molecule has 0 spiro atoms. The zero-order valence-electron chi connectivity index (χ0n) is 21.3. The molecule has 3 heterocycles. The number of sulfonamides is 1. The lowest BCUT2D eigenvalue weighted by molar-refractivity contribution is -0.192. The number of carboxylic acid groups (broad SMARTS) is 1. The second-order valence-corrected chi connectivity index (χ2v) is 11.0. The van der Waals surface area contributed by atoms with E-state index in [1.54, 1.807) is 55.7 Å². The van der Waals surface area contributed by atoms with Crippen molar-refractivity contribution < 1.29 is 36.3 Å². The summed E-state index contributed by atoms with van der Waals surface area (Å²) in [5, 5.41) is 14.6. The van der Waals surface area contributed by atoms with Gasteiger partial charge in [0.2, 0.25) is 21.9 Å². The lowest BCUT2D eigenvalue weighted by Gasteiger charge is -2.20. The van der Waals surface area contributed by atoms with Gasteiger partial charge in [-0.25, -0.2) is 27.4 Å². The fraction of sp³-hybridized carbons (Fsp3) is 0.208. The molecular formula is C24H24F3N7O5S. The average molecular weight is 580 g/mol. The van der Waals surface area contributed by atoms with Gasteiger partial charge in [-0.05, 0) is 51.1 Å². The number of amides is 1. The zero-order chi connectivity index (χ0) is 29.9. The SMILES string of the molecule is CC(C)(C)NS(=O)(=O)c1cccc(-c2ccc3cnc(Nc4cncc(C(N)=O)c4)nn23)c1.O=C(O)C(F)(F)F. The molecule has 1 amide bonds. The van der Waals surface area contributed by atoms with Crippen LogP contribution >= 0.6 is 0 Å². The number of pyridine rings is 1. The Morgan fingerprint density at radius 3 is 2.30 bits per heavy atom. The average Bonchev–Trinajstić information content (AvgIpc) is 3.26. The summed E-state index contributed by atoms with van der Waals surface area (Å²) in [5.74, 6) is -3.08. The normalized spacial score (nSPS) is 11.9. The van der Waals surface area contributed by atoms with Gasteiger partial charge in [-0.3, -0.25) is 9.78 Å². The number of alkyl halides is 3. The maximum absolute atomic E-state index is 12.8. The highest BCUT2D eigenvalue weighted by Gasteiger charge is 2.38. The van der Waals surface area contributed by atoms with E-state index < -0.39 is 33.6 Å². The number of hydrogen-bond donors (Lipinski definition) is 4. The number of fused-ring (bicyclic) bond motifs is 1. The smallest absolute Gasteiger partial charge is 0.475 e. The summed E-state index contributed by atoms with van der Waals surface area (Å²) in [4.78, 5) is 28.7. The molecular weight excluding hydrogens is 555 g/mol. The van der Waals surface area contributed by atoms with Crippen LogP contribution in [0, 0.1) is 0 Å². The van der Waals surface area contributed by atoms with Crippen molar-refractivity contribution in [3.05, 3.63) is 66.6 Å². The van der Waals surface area contributed by atoms with Crippen LogP contribution in [0.2, 0.25) is 0 Å². The van der Waals surface area contributed by atoms with E-state index in [4.69, 9.17) is 15.6 Å². The Morgan fingerprint density at radius 2 is 1.70 bits per heavy atom. The van der Waals surface area contributed by atoms with Crippen molar-refractivity contribution >= 4 is 39.1 Å². The van der Waals surface area contributed by atoms with Crippen LogP contribution in [0.3, 0.4) is 0 Å². The molecule has 212 valence electrons. The Balaban J connectivity index is 0.000000559. The first-order valence-corrected chi connectivity index (χ1v) is 12.8. The number of nitrogens with two attached hydrogens (primary N) is 1. The Bertz CT molecular complexity index is 1670. The molecule has 16 heteroatoms. The van der Waals surface area contributed by atoms with Gasteiger partial charge in [0, 0.05) is 17.3 Å². The number of nitrogens with one attached hydrogen (secondary N) is 2. The third-order valence-electron chi connectivity index (χ3n) is 4.80. The molecule has 0 bridgehead atoms. The molecule has 0 atom stereocenters. The number of carbonyl (C=O) groups is 2. The number of rotatable bonds is 6. The quantitative estimate of drug-likeness (QED) is 0.266. The van der Waals surface area contributed by atoms with E-state index >= 15 is 0 Å². The van der Waals surface area contributed by atoms with Gasteiger partial charge in [-0.1, -0.05) is 12.1 Å². The summed E-state index contributed by atoms with van der Waals surface area (Å²) >= 11 is 0. The van der Waals surface area contributed by atoms with Gasteiger partial charge < -0.3 is 16.2 Å². The standard InChI is InChI=1S/C22H23N7O3S.C2HF3O2/c1-22(2,3)28-33(31,32)18-6-4-5-14(10-18)19-8-7-17-13-25-21(27-29(17)19)26-16-9-15(20(23)30)11-24-12-16;3-2(4,5)1(6)7/h4-13,28H,1-3H3,(H2,23,30)(H,26,27);(H,6,7). The summed E-state index contributed by atoms with van der Waals surface area (Å²) < 4.78 is 61.6. The van der Waals surface area contributed by atoms with E-state index in [0.29, 0.717) is 16.9 Å². The van der Waals surface area contributed by atoms with Crippen molar-refractivity contribution in [1.82, 2.24) is 24.3 Å². The second kappa shape index (κ2) is 11.3. The molecule has 0 saturated carbocycles. The van der Waals surface area contributed by atoms with Crippen molar-refractivity contribution in [2.75, 3.05) is 5.32 Å². The van der Waals surface area contributed by atoms with Gasteiger partial charge in [0.15, 0.2) is 0 Å². The van der Waals surface area contributed by atoms with Crippen LogP contribution in [0.5, 0.6) is 0 Å². The van der Waals surface area contributed by atoms with Crippen molar-refractivity contribution in [3.8, 4) is 11.3 Å². The number of hydrogen-bond acceptors (Lipinski definition) is 8. The summed E-state index contributed by atoms with van der Waals surface area (Å²) in [7, 11) is -3.69. The third-order valence-corrected chi connectivity index (χ3v) is 6.56. The number of primary amides is 1. The molecule has 0 radical (unpaired) electrons. The first kappa shape index (κ1) is 30.0. The predicted octanol–water partition coefficient (Wildman–Crippen LogP) is 3.34. The van der Waals surface area contributed by atoms with Crippen molar-refractivity contribution in [1.29, 1.82) is 0 Å². The molecule has 3 aromatic heterocycles. The minimum absolute atomic E-state index is 0.159. The highest BCUT2D eigenvalue weighted by molar-refractivity contribution is 7.89. The van der Waals surface area contributed by atoms with E-state index in [2.05, 4.69) is 25.1 Å². The van der Waals surface area contributed by atoms with E-state index in [0.717, 1.165) is 5.52 Å². The molecule has 5 N–H and O–H groups in total. The number of carbonyl (C=O) groups excluding carboxylic acids is 1. The second-order valence-electron chi connectivity index (χ2n) is 9.27. The first-order valence-electron chi connectivity index (χ1n) is 11.3. The maximum atomic E-state index is 12.8. The fourth-order valence-corrected chi connectivity index (χ4v) is 4.70. The van der Waals surface area contributed by atoms with Crippen LogP contribution in [0.4, 0.5) is 24.8 Å². The fourth-order valence-electron chi connectivity index (χ4n) is 3.23. The number of anilines is 2. The first-order chi connectivity index (χ1) is 18.5. The minimum Gasteiger partial charge on any atom is -0.475 e. The molecule has 0 aliphatic carbocycles. The molecule has 40 heavy (non-hydrogen) atoms. The zero-order valence-corrected chi connectivity index (χ0v) is 22.1. The van der Waals surface area contributed by atoms with Crippen LogP contribution < -0.4 is 15.8 Å². The molecule has 0 aliphatic rings. The maximum Gasteiger partial charge on any atom is 0.490 e. The Kier molecular flexibility index (Phi) is 8.45. The van der Waals surface area contributed by atoms with Crippen molar-refractivity contribution in [2.45, 2.75) is 37.4 Å². The van der Waals surface area contributed by atoms with Crippen LogP contribution in [-0.2, 0) is 14.8 Å². The van der Waals surface area contributed by atoms with Crippen LogP contribution in [0.1, 0.15) is 31.1 Å². The summed E-state index contributed by atoms with van der Waals surface area (Å²) in [6, 6.07) is 11.9. The number of halogens is 3. The van der Waals surface area contributed by atoms with E-state index in [1.165, 1.54) is 12.4 Å². The lowest BCUT2D eigenvalue weighted by Crippen LogP contribution is -2.40. The number of carboxylic acids is 1. The minimum atomic E-state index is -5.08. The van der Waals surface area contributed by atoms with Crippen molar-refractivity contribution in [3.63, 3.8) is 0 Å². The Morgan fingerprint density at radius 1 is 1.02 bits per heavy atom. The highest BCUT2D eigenvalue weighted by atomic mass is 32.2. The largest absolute Gasteiger partial charge is 0.490 e. The van der Waals surface area contributed by atoms with Crippen LogP contribution in [0.15, 0.2) is 66.0 Å². The summed E-state index contributed by atoms with van der Waals surface area (Å²) in [6.07, 6.45) is -0.559. The van der Waals surface area contributed by atoms with Crippen molar-refractivity contribution in [2.24, 2.45) is 5.73 Å². The van der Waals surface area contributed by atoms with E-state index in [1.807, 2.05) is 18.2 Å². The van der Waals surface area contributed by atoms with E-state index in [-0.39, 0.29) is 16.4 Å². The highest BCUT2D eigenvalue weighted by Crippen LogP contribution is 2.25. The lowest BCUT2D eigenvalue weighted by atomic mass is 10.1. The number of aromatic nitrogens is 4. The number of nitrogens with zero attached hydrogens (tertiary/aromatic N) is 4. The third kappa shape index (κ3) is 7.73.